The summed E-state index contributed by atoms with van der Waals surface area (Å²) in [6.07, 6.45) is 1.04. The highest BCUT2D eigenvalue weighted by Crippen LogP contribution is 2.20. The first kappa shape index (κ1) is 9.50. The highest BCUT2D eigenvalue weighted by molar-refractivity contribution is 5.91. The van der Waals surface area contributed by atoms with Gasteiger partial charge in [-0.05, 0) is 0 Å². The van der Waals surface area contributed by atoms with E-state index in [1.54, 1.807) is 0 Å². The van der Waals surface area contributed by atoms with Crippen molar-refractivity contribution >= 4 is 12.0 Å². The van der Waals surface area contributed by atoms with Crippen molar-refractivity contribution < 1.29 is 18.7 Å². The normalized spacial score (nSPS) is 20.5. The van der Waals surface area contributed by atoms with Crippen LogP contribution in [0.5, 0.6) is 0 Å². The van der Waals surface area contributed by atoms with Gasteiger partial charge < -0.3 is 9.15 Å². The maximum absolute atomic E-state index is 11.2. The Bertz CT molecular complexity index is 460. The van der Waals surface area contributed by atoms with Crippen molar-refractivity contribution in [3.05, 3.63) is 23.0 Å². The third kappa shape index (κ3) is 1.41. The molecule has 2 heterocycles. The first-order valence-corrected chi connectivity index (χ1v) is 4.23. The number of hydrogen-bond donors (Lipinski definition) is 0. The topological polar surface area (TPSA) is 81.8 Å². The standard InChI is InChI=1S/C8H8N2O5/c1-5(11)10-6(4-15-8(10)13)9-2-3-14-7(9)12/h2-3,6H,4H2,1H3. The zero-order valence-corrected chi connectivity index (χ0v) is 7.87. The number of imide groups is 1. The van der Waals surface area contributed by atoms with E-state index in [9.17, 15) is 14.4 Å². The summed E-state index contributed by atoms with van der Waals surface area (Å²) in [5.41, 5.74) is 0. The molecule has 0 aliphatic carbocycles. The van der Waals surface area contributed by atoms with Gasteiger partial charge in [-0.1, -0.05) is 0 Å². The molecule has 7 nitrogen and oxygen atoms in total. The van der Waals surface area contributed by atoms with E-state index in [-0.39, 0.29) is 6.61 Å². The number of cyclic esters (lactones) is 1. The van der Waals surface area contributed by atoms with Crippen LogP contribution in [0.2, 0.25) is 0 Å². The maximum Gasteiger partial charge on any atom is 0.420 e. The monoisotopic (exact) mass is 212 g/mol. The molecular formula is C8H8N2O5. The minimum Gasteiger partial charge on any atom is -0.445 e. The summed E-state index contributed by atoms with van der Waals surface area (Å²) in [6, 6.07) is 0. The number of carbonyl (C=O) groups excluding carboxylic acids is 2. The Balaban J connectivity index is 2.38. The lowest BCUT2D eigenvalue weighted by Gasteiger charge is -2.16. The Morgan fingerprint density at radius 2 is 2.27 bits per heavy atom. The molecule has 7 heteroatoms. The number of oxazole rings is 1. The number of aromatic nitrogens is 1. The van der Waals surface area contributed by atoms with Crippen LogP contribution in [-0.2, 0) is 9.53 Å². The van der Waals surface area contributed by atoms with Crippen molar-refractivity contribution in [1.82, 2.24) is 9.47 Å². The van der Waals surface area contributed by atoms with E-state index in [2.05, 4.69) is 9.15 Å². The largest absolute Gasteiger partial charge is 0.445 e. The number of carbonyl (C=O) groups is 2. The van der Waals surface area contributed by atoms with Crippen molar-refractivity contribution in [3.63, 3.8) is 0 Å². The van der Waals surface area contributed by atoms with Crippen LogP contribution in [0.3, 0.4) is 0 Å². The fraction of sp³-hybridized carbons (Fsp3) is 0.375. The van der Waals surface area contributed by atoms with Crippen molar-refractivity contribution in [2.45, 2.75) is 13.1 Å². The van der Waals surface area contributed by atoms with Gasteiger partial charge >= 0.3 is 11.8 Å². The van der Waals surface area contributed by atoms with Crippen LogP contribution in [0.15, 0.2) is 21.7 Å². The summed E-state index contributed by atoms with van der Waals surface area (Å²) in [5.74, 6) is -1.11. The van der Waals surface area contributed by atoms with Crippen molar-refractivity contribution in [1.29, 1.82) is 0 Å². The summed E-state index contributed by atoms with van der Waals surface area (Å²) in [5, 5.41) is 0. The number of nitrogens with zero attached hydrogens (tertiary/aromatic N) is 2. The molecule has 0 spiro atoms. The van der Waals surface area contributed by atoms with Gasteiger partial charge in [0.05, 0.1) is 0 Å². The lowest BCUT2D eigenvalue weighted by molar-refractivity contribution is -0.128. The predicted molar refractivity (Wildman–Crippen MR) is 45.9 cm³/mol. The fourth-order valence-corrected chi connectivity index (χ4v) is 1.45. The van der Waals surface area contributed by atoms with Gasteiger partial charge in [0.2, 0.25) is 5.91 Å². The van der Waals surface area contributed by atoms with Gasteiger partial charge in [-0.3, -0.25) is 9.36 Å². The maximum atomic E-state index is 11.2. The van der Waals surface area contributed by atoms with Crippen LogP contribution < -0.4 is 5.76 Å². The first-order chi connectivity index (χ1) is 7.11. The van der Waals surface area contributed by atoms with Crippen LogP contribution in [0, 0.1) is 0 Å². The molecular weight excluding hydrogens is 204 g/mol. The molecule has 1 aromatic rings. The molecule has 0 N–H and O–H groups in total. The summed E-state index contributed by atoms with van der Waals surface area (Å²) in [7, 11) is 0. The molecule has 0 radical (unpaired) electrons. The third-order valence-corrected chi connectivity index (χ3v) is 2.11. The van der Waals surface area contributed by atoms with Crippen molar-refractivity contribution in [3.8, 4) is 0 Å². The second-order valence-electron chi connectivity index (χ2n) is 3.02. The molecule has 1 atom stereocenters. The fourth-order valence-electron chi connectivity index (χ4n) is 1.45. The second-order valence-corrected chi connectivity index (χ2v) is 3.02. The van der Waals surface area contributed by atoms with Gasteiger partial charge in [-0.25, -0.2) is 14.5 Å². The third-order valence-electron chi connectivity index (χ3n) is 2.11. The van der Waals surface area contributed by atoms with E-state index < -0.39 is 23.9 Å². The summed E-state index contributed by atoms with van der Waals surface area (Å²) >= 11 is 0. The lowest BCUT2D eigenvalue weighted by atomic mass is 10.4. The Morgan fingerprint density at radius 3 is 2.80 bits per heavy atom. The molecule has 15 heavy (non-hydrogen) atoms. The SMILES string of the molecule is CC(=O)N1C(=O)OCC1n1ccoc1=O. The van der Waals surface area contributed by atoms with E-state index in [0.29, 0.717) is 0 Å². The van der Waals surface area contributed by atoms with Crippen molar-refractivity contribution in [2.75, 3.05) is 6.61 Å². The predicted octanol–water partition coefficient (Wildman–Crippen LogP) is -0.0614. The molecule has 1 saturated heterocycles. The van der Waals surface area contributed by atoms with Crippen LogP contribution in [0.25, 0.3) is 0 Å². The van der Waals surface area contributed by atoms with E-state index in [0.717, 1.165) is 9.47 Å². The molecule has 0 saturated carbocycles. The van der Waals surface area contributed by atoms with E-state index in [4.69, 9.17) is 0 Å². The Hall–Kier alpha value is -2.05. The molecule has 1 aromatic heterocycles. The minimum atomic E-state index is -0.749. The minimum absolute atomic E-state index is 0.0438. The van der Waals surface area contributed by atoms with Gasteiger partial charge in [-0.2, -0.15) is 0 Å². The Morgan fingerprint density at radius 1 is 1.53 bits per heavy atom. The van der Waals surface area contributed by atoms with Gasteiger partial charge in [0.15, 0.2) is 6.17 Å². The molecule has 0 bridgehead atoms. The zero-order chi connectivity index (χ0) is 11.0. The number of rotatable bonds is 1. The Labute approximate surface area is 83.8 Å². The van der Waals surface area contributed by atoms with Gasteiger partial charge in [0, 0.05) is 13.1 Å². The molecule has 2 rings (SSSR count). The molecule has 2 amide bonds. The summed E-state index contributed by atoms with van der Waals surface area (Å²) < 4.78 is 10.4. The summed E-state index contributed by atoms with van der Waals surface area (Å²) in [6.45, 7) is 1.18. The number of amides is 2. The van der Waals surface area contributed by atoms with Crippen LogP contribution in [-0.4, -0.2) is 28.1 Å². The lowest BCUT2D eigenvalue weighted by Crippen LogP contribution is -2.37. The van der Waals surface area contributed by atoms with Gasteiger partial charge in [-0.15, -0.1) is 0 Å². The quantitative estimate of drug-likeness (QED) is 0.651. The molecule has 1 aliphatic rings. The molecule has 0 aromatic carbocycles. The number of hydrogen-bond acceptors (Lipinski definition) is 5. The highest BCUT2D eigenvalue weighted by Gasteiger charge is 2.38. The van der Waals surface area contributed by atoms with E-state index in [1.165, 1.54) is 19.4 Å². The van der Waals surface area contributed by atoms with E-state index in [1.807, 2.05) is 0 Å². The van der Waals surface area contributed by atoms with Crippen LogP contribution >= 0.6 is 0 Å². The summed E-state index contributed by atoms with van der Waals surface area (Å²) in [4.78, 5) is 34.4. The average Bonchev–Trinajstić information content (AvgIpc) is 2.71. The van der Waals surface area contributed by atoms with E-state index >= 15 is 0 Å². The van der Waals surface area contributed by atoms with Crippen molar-refractivity contribution in [2.24, 2.45) is 0 Å². The molecule has 1 aliphatic heterocycles. The smallest absolute Gasteiger partial charge is 0.420 e. The molecule has 1 unspecified atom stereocenters. The first-order valence-electron chi connectivity index (χ1n) is 4.23. The van der Waals surface area contributed by atoms with Gasteiger partial charge in [0.1, 0.15) is 12.9 Å². The average molecular weight is 212 g/mol. The van der Waals surface area contributed by atoms with Gasteiger partial charge in [0.25, 0.3) is 0 Å². The van der Waals surface area contributed by atoms with Crippen LogP contribution in [0.1, 0.15) is 13.1 Å². The number of ether oxygens (including phenoxy) is 1. The second kappa shape index (κ2) is 3.26. The highest BCUT2D eigenvalue weighted by atomic mass is 16.6. The molecule has 80 valence electrons. The Kier molecular flexibility index (Phi) is 2.07. The van der Waals surface area contributed by atoms with Crippen LogP contribution in [0.4, 0.5) is 4.79 Å². The molecule has 1 fully saturated rings. The zero-order valence-electron chi connectivity index (χ0n) is 7.87.